The smallest absolute Gasteiger partial charge is 0.270 e. The van der Waals surface area contributed by atoms with Crippen LogP contribution >= 0.6 is 11.3 Å². The van der Waals surface area contributed by atoms with Gasteiger partial charge in [-0.15, -0.1) is 11.3 Å². The number of rotatable bonds is 8. The SMILES string of the molecule is COc1cc(OC)cc(OCCNC(=O)c2csc(CN)n2)c1. The van der Waals surface area contributed by atoms with E-state index < -0.39 is 0 Å². The quantitative estimate of drug-likeness (QED) is 0.708. The van der Waals surface area contributed by atoms with Gasteiger partial charge in [0.25, 0.3) is 5.91 Å². The first kappa shape index (κ1) is 17.0. The normalized spacial score (nSPS) is 10.2. The monoisotopic (exact) mass is 337 g/mol. The predicted octanol–water partition coefficient (Wildman–Crippen LogP) is 1.43. The Kier molecular flexibility index (Phi) is 6.19. The van der Waals surface area contributed by atoms with Crippen molar-refractivity contribution in [1.82, 2.24) is 10.3 Å². The molecule has 0 aliphatic rings. The van der Waals surface area contributed by atoms with Gasteiger partial charge < -0.3 is 25.3 Å². The molecular weight excluding hydrogens is 318 g/mol. The number of nitrogens with zero attached hydrogens (tertiary/aromatic N) is 1. The van der Waals surface area contributed by atoms with Crippen molar-refractivity contribution in [2.24, 2.45) is 5.73 Å². The van der Waals surface area contributed by atoms with Crippen molar-refractivity contribution < 1.29 is 19.0 Å². The molecule has 0 atom stereocenters. The second kappa shape index (κ2) is 8.35. The molecule has 23 heavy (non-hydrogen) atoms. The Morgan fingerprint density at radius 1 is 1.22 bits per heavy atom. The summed E-state index contributed by atoms with van der Waals surface area (Å²) in [6.45, 7) is 1.00. The summed E-state index contributed by atoms with van der Waals surface area (Å²) < 4.78 is 15.9. The molecule has 1 aromatic heterocycles. The summed E-state index contributed by atoms with van der Waals surface area (Å²) in [5.74, 6) is 1.64. The van der Waals surface area contributed by atoms with Crippen molar-refractivity contribution >= 4 is 17.2 Å². The third kappa shape index (κ3) is 4.83. The minimum absolute atomic E-state index is 0.243. The van der Waals surface area contributed by atoms with Gasteiger partial charge in [-0.05, 0) is 0 Å². The number of benzene rings is 1. The molecule has 0 fully saturated rings. The molecule has 7 nitrogen and oxygen atoms in total. The van der Waals surface area contributed by atoms with Crippen LogP contribution in [0.3, 0.4) is 0 Å². The van der Waals surface area contributed by atoms with E-state index >= 15 is 0 Å². The van der Waals surface area contributed by atoms with E-state index in [4.69, 9.17) is 19.9 Å². The van der Waals surface area contributed by atoms with Crippen LogP contribution in [0.5, 0.6) is 17.2 Å². The maximum atomic E-state index is 11.9. The summed E-state index contributed by atoms with van der Waals surface area (Å²) in [5, 5.41) is 5.16. The fourth-order valence-corrected chi connectivity index (χ4v) is 2.45. The Morgan fingerprint density at radius 2 is 1.87 bits per heavy atom. The van der Waals surface area contributed by atoms with Crippen molar-refractivity contribution in [1.29, 1.82) is 0 Å². The van der Waals surface area contributed by atoms with Gasteiger partial charge in [0.2, 0.25) is 0 Å². The Bertz CT molecular complexity index is 638. The number of nitrogens with one attached hydrogen (secondary N) is 1. The largest absolute Gasteiger partial charge is 0.496 e. The molecule has 1 amide bonds. The summed E-state index contributed by atoms with van der Waals surface area (Å²) >= 11 is 1.37. The third-order valence-electron chi connectivity index (χ3n) is 2.94. The van der Waals surface area contributed by atoms with E-state index in [9.17, 15) is 4.79 Å². The second-order valence-electron chi connectivity index (χ2n) is 4.48. The first-order valence-electron chi connectivity index (χ1n) is 6.94. The van der Waals surface area contributed by atoms with Crippen molar-refractivity contribution in [3.8, 4) is 17.2 Å². The number of thiazole rings is 1. The van der Waals surface area contributed by atoms with E-state index in [-0.39, 0.29) is 5.91 Å². The summed E-state index contributed by atoms with van der Waals surface area (Å²) in [5.41, 5.74) is 5.85. The number of hydrogen-bond acceptors (Lipinski definition) is 7. The molecule has 0 saturated carbocycles. The van der Waals surface area contributed by atoms with E-state index in [1.165, 1.54) is 11.3 Å². The van der Waals surface area contributed by atoms with Crippen LogP contribution in [-0.2, 0) is 6.54 Å². The van der Waals surface area contributed by atoms with Gasteiger partial charge in [-0.3, -0.25) is 4.79 Å². The van der Waals surface area contributed by atoms with Crippen LogP contribution in [-0.4, -0.2) is 38.3 Å². The fraction of sp³-hybridized carbons (Fsp3) is 0.333. The number of methoxy groups -OCH3 is 2. The molecule has 0 aliphatic carbocycles. The lowest BCUT2D eigenvalue weighted by Gasteiger charge is -2.10. The topological polar surface area (TPSA) is 95.7 Å². The Morgan fingerprint density at radius 3 is 2.43 bits per heavy atom. The van der Waals surface area contributed by atoms with E-state index in [1.807, 2.05) is 0 Å². The molecule has 1 aromatic carbocycles. The van der Waals surface area contributed by atoms with Gasteiger partial charge in [0, 0.05) is 30.1 Å². The van der Waals surface area contributed by atoms with Gasteiger partial charge >= 0.3 is 0 Å². The molecule has 8 heteroatoms. The Labute approximate surface area is 138 Å². The van der Waals surface area contributed by atoms with Gasteiger partial charge in [-0.1, -0.05) is 0 Å². The summed E-state index contributed by atoms with van der Waals surface area (Å²) in [4.78, 5) is 16.0. The van der Waals surface area contributed by atoms with Gasteiger partial charge in [0.15, 0.2) is 0 Å². The second-order valence-corrected chi connectivity index (χ2v) is 5.43. The lowest BCUT2D eigenvalue weighted by atomic mass is 10.3. The molecule has 0 saturated heterocycles. The zero-order valence-corrected chi connectivity index (χ0v) is 13.8. The number of aromatic nitrogens is 1. The molecule has 0 bridgehead atoms. The molecular formula is C15H19N3O4S. The Balaban J connectivity index is 1.82. The van der Waals surface area contributed by atoms with Crippen LogP contribution in [0.15, 0.2) is 23.6 Å². The maximum absolute atomic E-state index is 11.9. The molecule has 0 unspecified atom stereocenters. The van der Waals surface area contributed by atoms with E-state index in [0.29, 0.717) is 42.6 Å². The number of carbonyl (C=O) groups is 1. The van der Waals surface area contributed by atoms with Crippen molar-refractivity contribution in [3.63, 3.8) is 0 Å². The predicted molar refractivity (Wildman–Crippen MR) is 87.4 cm³/mol. The minimum Gasteiger partial charge on any atom is -0.496 e. The van der Waals surface area contributed by atoms with Crippen molar-refractivity contribution in [3.05, 3.63) is 34.3 Å². The van der Waals surface area contributed by atoms with Crippen LogP contribution in [0.4, 0.5) is 0 Å². The van der Waals surface area contributed by atoms with Gasteiger partial charge in [-0.2, -0.15) is 0 Å². The summed E-state index contributed by atoms with van der Waals surface area (Å²) in [7, 11) is 3.14. The van der Waals surface area contributed by atoms with Crippen LogP contribution < -0.4 is 25.3 Å². The zero-order chi connectivity index (χ0) is 16.7. The van der Waals surface area contributed by atoms with Gasteiger partial charge in [0.1, 0.15) is 34.6 Å². The number of hydrogen-bond donors (Lipinski definition) is 2. The zero-order valence-electron chi connectivity index (χ0n) is 13.0. The number of amides is 1. The minimum atomic E-state index is -0.243. The average molecular weight is 337 g/mol. The van der Waals surface area contributed by atoms with Crippen LogP contribution in [0.25, 0.3) is 0 Å². The molecule has 3 N–H and O–H groups in total. The molecule has 124 valence electrons. The maximum Gasteiger partial charge on any atom is 0.270 e. The molecule has 0 radical (unpaired) electrons. The van der Waals surface area contributed by atoms with Crippen LogP contribution in [0.1, 0.15) is 15.5 Å². The lowest BCUT2D eigenvalue weighted by molar-refractivity contribution is 0.0942. The summed E-state index contributed by atoms with van der Waals surface area (Å²) in [6, 6.07) is 5.25. The average Bonchev–Trinajstić information content (AvgIpc) is 3.07. The first-order valence-corrected chi connectivity index (χ1v) is 7.82. The summed E-state index contributed by atoms with van der Waals surface area (Å²) in [6.07, 6.45) is 0. The highest BCUT2D eigenvalue weighted by Gasteiger charge is 2.09. The standard InChI is InChI=1S/C15H19N3O4S/c1-20-10-5-11(21-2)7-12(6-10)22-4-3-17-15(19)13-9-23-14(8-16)18-13/h5-7,9H,3-4,8,16H2,1-2H3,(H,17,19). The van der Waals surface area contributed by atoms with Gasteiger partial charge in [0.05, 0.1) is 20.8 Å². The highest BCUT2D eigenvalue weighted by Crippen LogP contribution is 2.27. The number of carbonyl (C=O) groups excluding carboxylic acids is 1. The third-order valence-corrected chi connectivity index (χ3v) is 3.81. The van der Waals surface area contributed by atoms with Gasteiger partial charge in [-0.25, -0.2) is 4.98 Å². The van der Waals surface area contributed by atoms with E-state index in [1.54, 1.807) is 37.8 Å². The Hall–Kier alpha value is -2.32. The number of ether oxygens (including phenoxy) is 3. The highest BCUT2D eigenvalue weighted by atomic mass is 32.1. The molecule has 0 spiro atoms. The molecule has 2 aromatic rings. The van der Waals surface area contributed by atoms with E-state index in [2.05, 4.69) is 10.3 Å². The molecule has 2 rings (SSSR count). The van der Waals surface area contributed by atoms with Crippen LogP contribution in [0, 0.1) is 0 Å². The van der Waals surface area contributed by atoms with Crippen LogP contribution in [0.2, 0.25) is 0 Å². The fourth-order valence-electron chi connectivity index (χ4n) is 1.80. The molecule has 0 aliphatic heterocycles. The molecule has 1 heterocycles. The van der Waals surface area contributed by atoms with Crippen molar-refractivity contribution in [2.45, 2.75) is 6.54 Å². The van der Waals surface area contributed by atoms with E-state index in [0.717, 1.165) is 5.01 Å². The number of nitrogens with two attached hydrogens (primary N) is 1. The first-order chi connectivity index (χ1) is 11.2. The van der Waals surface area contributed by atoms with Crippen molar-refractivity contribution in [2.75, 3.05) is 27.4 Å². The highest BCUT2D eigenvalue weighted by molar-refractivity contribution is 7.09. The lowest BCUT2D eigenvalue weighted by Crippen LogP contribution is -2.28.